The number of benzene rings is 1. The van der Waals surface area contributed by atoms with Crippen LogP contribution in [0.25, 0.3) is 0 Å². The van der Waals surface area contributed by atoms with Crippen LogP contribution in [0.3, 0.4) is 0 Å². The number of carbonyl (C=O) groups excluding carboxylic acids is 1. The van der Waals surface area contributed by atoms with Crippen molar-refractivity contribution in [3.8, 4) is 0 Å². The van der Waals surface area contributed by atoms with Crippen molar-refractivity contribution >= 4 is 28.6 Å². The molecule has 88 valence electrons. The summed E-state index contributed by atoms with van der Waals surface area (Å²) >= 11 is 1.62. The maximum atomic E-state index is 10.8. The third-order valence-corrected chi connectivity index (χ3v) is 2.94. The van der Waals surface area contributed by atoms with Gasteiger partial charge in [0.25, 0.3) is 0 Å². The highest BCUT2D eigenvalue weighted by molar-refractivity contribution is 7.09. The van der Waals surface area contributed by atoms with Gasteiger partial charge in [0.05, 0.1) is 12.1 Å². The summed E-state index contributed by atoms with van der Waals surface area (Å²) in [5.41, 5.74) is 3.64. The number of nitrogens with zero attached hydrogens (tertiary/aromatic N) is 1. The molecule has 0 bridgehead atoms. The van der Waals surface area contributed by atoms with Gasteiger partial charge in [0.15, 0.2) is 0 Å². The standard InChI is InChI=1S/C12H13N3OS/c1-9(16)15-11-4-2-10(3-5-11)14-7-12-6-13-8-17-12/h2-6,8,14H,7H2,1H3,(H,15,16). The van der Waals surface area contributed by atoms with Gasteiger partial charge in [-0.2, -0.15) is 0 Å². The summed E-state index contributed by atoms with van der Waals surface area (Å²) in [5, 5.41) is 6.01. The van der Waals surface area contributed by atoms with Crippen molar-refractivity contribution in [2.24, 2.45) is 0 Å². The van der Waals surface area contributed by atoms with E-state index >= 15 is 0 Å². The first-order valence-corrected chi connectivity index (χ1v) is 6.11. The molecule has 4 nitrogen and oxygen atoms in total. The highest BCUT2D eigenvalue weighted by Crippen LogP contribution is 2.15. The number of anilines is 2. The molecule has 2 rings (SSSR count). The molecule has 0 aliphatic heterocycles. The first kappa shape index (κ1) is 11.6. The van der Waals surface area contributed by atoms with Crippen LogP contribution in [0.1, 0.15) is 11.8 Å². The molecule has 0 saturated carbocycles. The first-order valence-electron chi connectivity index (χ1n) is 5.23. The summed E-state index contributed by atoms with van der Waals surface area (Å²) in [6.07, 6.45) is 1.85. The average Bonchev–Trinajstić information content (AvgIpc) is 2.80. The number of aromatic nitrogens is 1. The van der Waals surface area contributed by atoms with Crippen LogP contribution in [0.4, 0.5) is 11.4 Å². The quantitative estimate of drug-likeness (QED) is 0.873. The van der Waals surface area contributed by atoms with Gasteiger partial charge in [-0.1, -0.05) is 0 Å². The number of nitrogens with one attached hydrogen (secondary N) is 2. The molecular weight excluding hydrogens is 234 g/mol. The monoisotopic (exact) mass is 247 g/mol. The lowest BCUT2D eigenvalue weighted by molar-refractivity contribution is -0.114. The van der Waals surface area contributed by atoms with E-state index in [9.17, 15) is 4.79 Å². The number of rotatable bonds is 4. The maximum absolute atomic E-state index is 10.8. The molecule has 0 fully saturated rings. The van der Waals surface area contributed by atoms with E-state index in [4.69, 9.17) is 0 Å². The summed E-state index contributed by atoms with van der Waals surface area (Å²) in [6.45, 7) is 2.26. The maximum Gasteiger partial charge on any atom is 0.221 e. The van der Waals surface area contributed by atoms with Crippen molar-refractivity contribution in [1.29, 1.82) is 0 Å². The molecule has 1 amide bonds. The lowest BCUT2D eigenvalue weighted by Gasteiger charge is -2.06. The van der Waals surface area contributed by atoms with Crippen molar-refractivity contribution < 1.29 is 4.79 Å². The fourth-order valence-electron chi connectivity index (χ4n) is 1.39. The Kier molecular flexibility index (Phi) is 3.72. The van der Waals surface area contributed by atoms with Gasteiger partial charge in [-0.15, -0.1) is 11.3 Å². The van der Waals surface area contributed by atoms with Crippen LogP contribution >= 0.6 is 11.3 Å². The van der Waals surface area contributed by atoms with Crippen molar-refractivity contribution in [2.75, 3.05) is 10.6 Å². The molecule has 0 saturated heterocycles. The van der Waals surface area contributed by atoms with Crippen molar-refractivity contribution in [3.63, 3.8) is 0 Å². The SMILES string of the molecule is CC(=O)Nc1ccc(NCc2cncs2)cc1. The molecule has 0 unspecified atom stereocenters. The van der Waals surface area contributed by atoms with E-state index in [2.05, 4.69) is 15.6 Å². The van der Waals surface area contributed by atoms with Crippen LogP contribution < -0.4 is 10.6 Å². The van der Waals surface area contributed by atoms with E-state index in [-0.39, 0.29) is 5.91 Å². The molecule has 1 aromatic heterocycles. The highest BCUT2D eigenvalue weighted by atomic mass is 32.1. The molecule has 1 heterocycles. The van der Waals surface area contributed by atoms with Gasteiger partial charge < -0.3 is 10.6 Å². The van der Waals surface area contributed by atoms with Crippen molar-refractivity contribution in [3.05, 3.63) is 40.8 Å². The van der Waals surface area contributed by atoms with E-state index in [1.54, 1.807) is 11.3 Å². The minimum absolute atomic E-state index is 0.0598. The topological polar surface area (TPSA) is 54.0 Å². The zero-order valence-corrected chi connectivity index (χ0v) is 10.3. The molecule has 2 N–H and O–H groups in total. The lowest BCUT2D eigenvalue weighted by Crippen LogP contribution is -2.05. The summed E-state index contributed by atoms with van der Waals surface area (Å²) in [6, 6.07) is 7.62. The van der Waals surface area contributed by atoms with Crippen LogP contribution in [0.5, 0.6) is 0 Å². The number of carbonyl (C=O) groups is 1. The van der Waals surface area contributed by atoms with Crippen molar-refractivity contribution in [1.82, 2.24) is 4.98 Å². The Morgan fingerprint density at radius 1 is 1.29 bits per heavy atom. The minimum Gasteiger partial charge on any atom is -0.380 e. The summed E-state index contributed by atoms with van der Waals surface area (Å²) in [4.78, 5) is 16.0. The van der Waals surface area contributed by atoms with Gasteiger partial charge in [-0.3, -0.25) is 9.78 Å². The Bertz CT molecular complexity index is 479. The van der Waals surface area contributed by atoms with Crippen LogP contribution in [-0.2, 0) is 11.3 Å². The second kappa shape index (κ2) is 5.45. The third kappa shape index (κ3) is 3.57. The van der Waals surface area contributed by atoms with Crippen LogP contribution in [0.2, 0.25) is 0 Å². The molecule has 0 spiro atoms. The van der Waals surface area contributed by atoms with E-state index in [0.29, 0.717) is 0 Å². The zero-order chi connectivity index (χ0) is 12.1. The fraction of sp³-hybridized carbons (Fsp3) is 0.167. The lowest BCUT2D eigenvalue weighted by atomic mass is 10.2. The molecule has 5 heteroatoms. The number of hydrogen-bond acceptors (Lipinski definition) is 4. The average molecular weight is 247 g/mol. The Balaban J connectivity index is 1.91. The van der Waals surface area contributed by atoms with E-state index in [1.165, 1.54) is 11.8 Å². The molecule has 0 aliphatic carbocycles. The fourth-order valence-corrected chi connectivity index (χ4v) is 1.93. The Labute approximate surface area is 104 Å². The van der Waals surface area contributed by atoms with Crippen LogP contribution in [0.15, 0.2) is 36.0 Å². The predicted molar refractivity (Wildman–Crippen MR) is 70.2 cm³/mol. The third-order valence-electron chi connectivity index (χ3n) is 2.16. The summed E-state index contributed by atoms with van der Waals surface area (Å²) < 4.78 is 0. The highest BCUT2D eigenvalue weighted by Gasteiger charge is 1.97. The Morgan fingerprint density at radius 2 is 2.00 bits per heavy atom. The largest absolute Gasteiger partial charge is 0.380 e. The van der Waals surface area contributed by atoms with Crippen molar-refractivity contribution in [2.45, 2.75) is 13.5 Å². The molecule has 0 atom stereocenters. The number of amides is 1. The van der Waals surface area contributed by atoms with Gasteiger partial charge in [0, 0.05) is 29.4 Å². The second-order valence-corrected chi connectivity index (χ2v) is 4.55. The first-order chi connectivity index (χ1) is 8.24. The number of thiazole rings is 1. The minimum atomic E-state index is -0.0598. The molecule has 0 aliphatic rings. The zero-order valence-electron chi connectivity index (χ0n) is 9.43. The number of hydrogen-bond donors (Lipinski definition) is 2. The Morgan fingerprint density at radius 3 is 2.59 bits per heavy atom. The summed E-state index contributed by atoms with van der Waals surface area (Å²) in [7, 11) is 0. The van der Waals surface area contributed by atoms with Gasteiger partial charge in [-0.25, -0.2) is 0 Å². The molecule has 1 aromatic carbocycles. The van der Waals surface area contributed by atoms with Gasteiger partial charge in [0.2, 0.25) is 5.91 Å². The van der Waals surface area contributed by atoms with E-state index in [1.807, 2.05) is 36.0 Å². The predicted octanol–water partition coefficient (Wildman–Crippen LogP) is 2.71. The van der Waals surface area contributed by atoms with Gasteiger partial charge in [-0.05, 0) is 24.3 Å². The molecular formula is C12H13N3OS. The molecule has 0 radical (unpaired) electrons. The summed E-state index contributed by atoms with van der Waals surface area (Å²) in [5.74, 6) is -0.0598. The van der Waals surface area contributed by atoms with Crippen LogP contribution in [0, 0.1) is 0 Å². The molecule has 2 aromatic rings. The van der Waals surface area contributed by atoms with E-state index in [0.717, 1.165) is 17.9 Å². The van der Waals surface area contributed by atoms with Gasteiger partial charge in [0.1, 0.15) is 0 Å². The Hall–Kier alpha value is -1.88. The van der Waals surface area contributed by atoms with Crippen LogP contribution in [-0.4, -0.2) is 10.9 Å². The normalized spacial score (nSPS) is 9.94. The van der Waals surface area contributed by atoms with Gasteiger partial charge >= 0.3 is 0 Å². The molecule has 17 heavy (non-hydrogen) atoms. The van der Waals surface area contributed by atoms with E-state index < -0.39 is 0 Å². The smallest absolute Gasteiger partial charge is 0.221 e. The second-order valence-electron chi connectivity index (χ2n) is 3.58.